The van der Waals surface area contributed by atoms with Gasteiger partial charge in [0.05, 0.1) is 18.2 Å². The lowest BCUT2D eigenvalue weighted by atomic mass is 9.96. The van der Waals surface area contributed by atoms with Crippen LogP contribution in [0, 0.1) is 11.8 Å². The van der Waals surface area contributed by atoms with E-state index >= 15 is 0 Å². The van der Waals surface area contributed by atoms with Crippen molar-refractivity contribution in [2.24, 2.45) is 11.8 Å². The van der Waals surface area contributed by atoms with Gasteiger partial charge in [-0.15, -0.1) is 0 Å². The summed E-state index contributed by atoms with van der Waals surface area (Å²) in [6.07, 6.45) is 2.53. The highest BCUT2D eigenvalue weighted by Crippen LogP contribution is 2.31. The van der Waals surface area contributed by atoms with Gasteiger partial charge in [0.15, 0.2) is 5.78 Å². The van der Waals surface area contributed by atoms with Crippen LogP contribution in [-0.2, 0) is 16.1 Å². The molecule has 10 heteroatoms. The van der Waals surface area contributed by atoms with Crippen LogP contribution in [0.2, 0.25) is 0 Å². The van der Waals surface area contributed by atoms with Crippen LogP contribution in [0.3, 0.4) is 0 Å². The molecule has 1 unspecified atom stereocenters. The van der Waals surface area contributed by atoms with Crippen molar-refractivity contribution in [3.63, 3.8) is 0 Å². The van der Waals surface area contributed by atoms with Gasteiger partial charge in [0.1, 0.15) is 5.65 Å². The summed E-state index contributed by atoms with van der Waals surface area (Å²) in [4.78, 5) is 36.3. The Hall–Kier alpha value is -3.43. The molecule has 0 spiro atoms. The van der Waals surface area contributed by atoms with Gasteiger partial charge in [0.2, 0.25) is 5.91 Å². The standard InChI is InChI=1S/C25H28F3N5O2/c1-14(2)22(21(34)5-6-25(26,27)28)33-18-8-17(11-29-12-18)20-13-31-23-19(20)7-15(9-30-23)10-32-24(35)16-3-4-16/h7-9,11-14,16,22,33H,3-6,10H2,1-2H3,(H,30,31)(H,32,35). The Morgan fingerprint density at radius 2 is 1.94 bits per heavy atom. The van der Waals surface area contributed by atoms with Gasteiger partial charge in [-0.1, -0.05) is 13.8 Å². The Bertz CT molecular complexity index is 1220. The van der Waals surface area contributed by atoms with Crippen molar-refractivity contribution in [2.45, 2.75) is 58.3 Å². The summed E-state index contributed by atoms with van der Waals surface area (Å²) >= 11 is 0. The highest BCUT2D eigenvalue weighted by atomic mass is 19.4. The molecule has 0 radical (unpaired) electrons. The average molecular weight is 488 g/mol. The van der Waals surface area contributed by atoms with Gasteiger partial charge >= 0.3 is 6.18 Å². The molecule has 1 amide bonds. The first-order valence-corrected chi connectivity index (χ1v) is 11.7. The number of hydrogen-bond donors (Lipinski definition) is 3. The molecule has 35 heavy (non-hydrogen) atoms. The van der Waals surface area contributed by atoms with Gasteiger partial charge < -0.3 is 15.6 Å². The molecule has 3 aromatic rings. The zero-order chi connectivity index (χ0) is 25.2. The van der Waals surface area contributed by atoms with Crippen LogP contribution >= 0.6 is 0 Å². The zero-order valence-electron chi connectivity index (χ0n) is 19.6. The van der Waals surface area contributed by atoms with E-state index in [-0.39, 0.29) is 17.7 Å². The number of amides is 1. The first kappa shape index (κ1) is 24.7. The minimum atomic E-state index is -4.37. The van der Waals surface area contributed by atoms with Crippen molar-refractivity contribution in [2.75, 3.05) is 5.32 Å². The average Bonchev–Trinajstić information content (AvgIpc) is 3.58. The van der Waals surface area contributed by atoms with Crippen molar-refractivity contribution in [1.82, 2.24) is 20.3 Å². The number of ketones is 1. The number of fused-ring (bicyclic) bond motifs is 1. The number of anilines is 1. The number of hydrogen-bond acceptors (Lipinski definition) is 5. The van der Waals surface area contributed by atoms with Gasteiger partial charge in [0, 0.05) is 60.2 Å². The second kappa shape index (κ2) is 10.1. The van der Waals surface area contributed by atoms with Crippen LogP contribution in [0.25, 0.3) is 22.2 Å². The quantitative estimate of drug-likeness (QED) is 0.374. The number of alkyl halides is 3. The van der Waals surface area contributed by atoms with E-state index in [2.05, 4.69) is 25.6 Å². The molecule has 1 fully saturated rings. The third-order valence-corrected chi connectivity index (χ3v) is 6.04. The molecule has 7 nitrogen and oxygen atoms in total. The lowest BCUT2D eigenvalue weighted by Gasteiger charge is -2.22. The normalized spacial score (nSPS) is 14.8. The van der Waals surface area contributed by atoms with Crippen LogP contribution in [-0.4, -0.2) is 38.9 Å². The fraction of sp³-hybridized carbons (Fsp3) is 0.440. The molecule has 0 bridgehead atoms. The van der Waals surface area contributed by atoms with Crippen LogP contribution in [0.15, 0.2) is 36.9 Å². The molecule has 1 atom stereocenters. The van der Waals surface area contributed by atoms with Crippen LogP contribution in [0.1, 0.15) is 45.1 Å². The number of aromatic amines is 1. The molecule has 1 aliphatic rings. The van der Waals surface area contributed by atoms with E-state index < -0.39 is 30.8 Å². The summed E-state index contributed by atoms with van der Waals surface area (Å²) < 4.78 is 37.8. The number of nitrogens with zero attached hydrogens (tertiary/aromatic N) is 2. The second-order valence-corrected chi connectivity index (χ2v) is 9.34. The van der Waals surface area contributed by atoms with E-state index in [1.54, 1.807) is 38.6 Å². The monoisotopic (exact) mass is 487 g/mol. The van der Waals surface area contributed by atoms with Crippen molar-refractivity contribution in [3.05, 3.63) is 42.5 Å². The molecule has 0 aliphatic heterocycles. The highest BCUT2D eigenvalue weighted by Gasteiger charge is 2.31. The molecule has 3 heterocycles. The molecule has 4 rings (SSSR count). The van der Waals surface area contributed by atoms with Crippen molar-refractivity contribution >= 4 is 28.4 Å². The first-order chi connectivity index (χ1) is 16.6. The van der Waals surface area contributed by atoms with Crippen LogP contribution in [0.4, 0.5) is 18.9 Å². The van der Waals surface area contributed by atoms with Gasteiger partial charge in [-0.05, 0) is 36.5 Å². The Morgan fingerprint density at radius 3 is 2.63 bits per heavy atom. The summed E-state index contributed by atoms with van der Waals surface area (Å²) in [6.45, 7) is 3.96. The zero-order valence-corrected chi connectivity index (χ0v) is 19.6. The third-order valence-electron chi connectivity index (χ3n) is 6.04. The van der Waals surface area contributed by atoms with Crippen molar-refractivity contribution in [3.8, 4) is 11.1 Å². The minimum Gasteiger partial charge on any atom is -0.374 e. The van der Waals surface area contributed by atoms with E-state index in [1.165, 1.54) is 0 Å². The van der Waals surface area contributed by atoms with Gasteiger partial charge in [-0.2, -0.15) is 13.2 Å². The van der Waals surface area contributed by atoms with Gasteiger partial charge in [-0.25, -0.2) is 4.98 Å². The molecule has 0 aromatic carbocycles. The van der Waals surface area contributed by atoms with Crippen molar-refractivity contribution in [1.29, 1.82) is 0 Å². The SMILES string of the molecule is CC(C)C(Nc1cncc(-c2c[nH]c3ncc(CNC(=O)C4CC4)cc23)c1)C(=O)CCC(F)(F)F. The van der Waals surface area contributed by atoms with E-state index in [0.717, 1.165) is 34.9 Å². The molecule has 3 aromatic heterocycles. The summed E-state index contributed by atoms with van der Waals surface area (Å²) in [6, 6.07) is 3.00. The Labute approximate surface area is 200 Å². The molecule has 0 saturated heterocycles. The maximum absolute atomic E-state index is 12.6. The molecular weight excluding hydrogens is 459 g/mol. The fourth-order valence-corrected chi connectivity index (χ4v) is 3.95. The lowest BCUT2D eigenvalue weighted by Crippen LogP contribution is -2.35. The topological polar surface area (TPSA) is 99.8 Å². The number of halogens is 3. The maximum atomic E-state index is 12.6. The first-order valence-electron chi connectivity index (χ1n) is 11.7. The maximum Gasteiger partial charge on any atom is 0.389 e. The summed E-state index contributed by atoms with van der Waals surface area (Å²) in [5.74, 6) is -0.500. The third kappa shape index (κ3) is 6.37. The second-order valence-electron chi connectivity index (χ2n) is 9.34. The number of carbonyl (C=O) groups excluding carboxylic acids is 2. The molecule has 186 valence electrons. The Kier molecular flexibility index (Phi) is 7.09. The number of nitrogens with one attached hydrogen (secondary N) is 3. The van der Waals surface area contributed by atoms with Gasteiger partial charge in [0.25, 0.3) is 0 Å². The Balaban J connectivity index is 1.52. The summed E-state index contributed by atoms with van der Waals surface area (Å²) in [5.41, 5.74) is 3.68. The Morgan fingerprint density at radius 1 is 1.17 bits per heavy atom. The lowest BCUT2D eigenvalue weighted by molar-refractivity contribution is -0.143. The smallest absolute Gasteiger partial charge is 0.374 e. The number of carbonyl (C=O) groups is 2. The van der Waals surface area contributed by atoms with E-state index in [9.17, 15) is 22.8 Å². The van der Waals surface area contributed by atoms with Gasteiger partial charge in [-0.3, -0.25) is 14.6 Å². The molecule has 1 aliphatic carbocycles. The molecule has 3 N–H and O–H groups in total. The molecule has 1 saturated carbocycles. The van der Waals surface area contributed by atoms with E-state index in [4.69, 9.17) is 0 Å². The van der Waals surface area contributed by atoms with Crippen LogP contribution in [0.5, 0.6) is 0 Å². The van der Waals surface area contributed by atoms with Crippen molar-refractivity contribution < 1.29 is 22.8 Å². The van der Waals surface area contributed by atoms with E-state index in [0.29, 0.717) is 17.9 Å². The van der Waals surface area contributed by atoms with E-state index in [1.807, 2.05) is 12.1 Å². The predicted octanol–water partition coefficient (Wildman–Crippen LogP) is 5.00. The number of aromatic nitrogens is 3. The largest absolute Gasteiger partial charge is 0.389 e. The number of H-pyrrole nitrogens is 1. The molecular formula is C25H28F3N5O2. The highest BCUT2D eigenvalue weighted by molar-refractivity contribution is 5.94. The van der Waals surface area contributed by atoms with Crippen LogP contribution < -0.4 is 10.6 Å². The minimum absolute atomic E-state index is 0.0619. The number of Topliss-reactive ketones (excluding diaryl/α,β-unsaturated/α-hetero) is 1. The summed E-state index contributed by atoms with van der Waals surface area (Å²) in [7, 11) is 0. The number of pyridine rings is 2. The number of rotatable bonds is 10. The fourth-order valence-electron chi connectivity index (χ4n) is 3.95. The predicted molar refractivity (Wildman–Crippen MR) is 126 cm³/mol. The summed E-state index contributed by atoms with van der Waals surface area (Å²) in [5, 5.41) is 6.86.